The van der Waals surface area contributed by atoms with Gasteiger partial charge in [0.2, 0.25) is 0 Å². The third-order valence-electron chi connectivity index (χ3n) is 7.08. The number of thiocarbonyl (C=S) groups is 1. The van der Waals surface area contributed by atoms with Gasteiger partial charge in [0.15, 0.2) is 5.11 Å². The number of benzene rings is 2. The van der Waals surface area contributed by atoms with Crippen LogP contribution < -0.4 is 10.6 Å². The summed E-state index contributed by atoms with van der Waals surface area (Å²) in [6.45, 7) is 8.17. The monoisotopic (exact) mass is 529 g/mol. The predicted octanol–water partition coefficient (Wildman–Crippen LogP) is 6.93. The number of aryl methyl sites for hydroxylation is 2. The summed E-state index contributed by atoms with van der Waals surface area (Å²) in [7, 11) is 0. The van der Waals surface area contributed by atoms with Crippen molar-refractivity contribution in [1.29, 1.82) is 0 Å². The lowest BCUT2D eigenvalue weighted by Gasteiger charge is -2.28. The van der Waals surface area contributed by atoms with Crippen LogP contribution >= 0.6 is 23.8 Å². The molecule has 5 nitrogen and oxygen atoms in total. The molecule has 0 bridgehead atoms. The van der Waals surface area contributed by atoms with Crippen molar-refractivity contribution in [1.82, 2.24) is 19.8 Å². The smallest absolute Gasteiger partial charge is 0.170 e. The van der Waals surface area contributed by atoms with Gasteiger partial charge in [0.05, 0.1) is 17.8 Å². The maximum Gasteiger partial charge on any atom is 0.170 e. The lowest BCUT2D eigenvalue weighted by Crippen LogP contribution is -2.31. The van der Waals surface area contributed by atoms with E-state index < -0.39 is 0 Å². The number of hydrogen-bond acceptors (Lipinski definition) is 3. The normalized spacial score (nSPS) is 17.2. The summed E-state index contributed by atoms with van der Waals surface area (Å²) in [5.74, 6) is 0. The lowest BCUT2D eigenvalue weighted by molar-refractivity contribution is 0.315. The molecule has 1 aliphatic rings. The minimum absolute atomic E-state index is 0.0264. The van der Waals surface area contributed by atoms with Crippen molar-refractivity contribution in [3.8, 4) is 5.69 Å². The molecule has 37 heavy (non-hydrogen) atoms. The van der Waals surface area contributed by atoms with Crippen molar-refractivity contribution in [2.45, 2.75) is 39.3 Å². The minimum Gasteiger partial charge on any atom is -0.385 e. The second-order valence-electron chi connectivity index (χ2n) is 9.56. The van der Waals surface area contributed by atoms with Gasteiger partial charge in [0, 0.05) is 47.1 Å². The molecule has 0 spiro atoms. The van der Waals surface area contributed by atoms with Gasteiger partial charge in [-0.2, -0.15) is 0 Å². The van der Waals surface area contributed by atoms with E-state index in [0.29, 0.717) is 0 Å². The van der Waals surface area contributed by atoms with Gasteiger partial charge < -0.3 is 20.1 Å². The Labute approximate surface area is 229 Å². The van der Waals surface area contributed by atoms with Gasteiger partial charge in [-0.05, 0) is 93.0 Å². The standard InChI is InChI=1S/C30H32ClN5S/c1-20-13-14-23(31)19-27(20)36-21(2)18-25(22(36)3)29-28(26-12-7-8-15-33-26)34-30(37)35(29)17-9-16-32-24-10-5-4-6-11-24/h4-8,10-15,18-19,28-29,32H,9,16-17H2,1-3H3,(H,34,37)/t28-,29-/m1/s1. The van der Waals surface area contributed by atoms with Gasteiger partial charge in [-0.15, -0.1) is 0 Å². The average molecular weight is 530 g/mol. The molecule has 3 heterocycles. The summed E-state index contributed by atoms with van der Waals surface area (Å²) < 4.78 is 2.31. The molecule has 1 aliphatic heterocycles. The molecule has 7 heteroatoms. The van der Waals surface area contributed by atoms with Crippen LogP contribution in [0.3, 0.4) is 0 Å². The van der Waals surface area contributed by atoms with Crippen LogP contribution in [0.2, 0.25) is 5.02 Å². The largest absolute Gasteiger partial charge is 0.385 e. The van der Waals surface area contributed by atoms with E-state index in [9.17, 15) is 0 Å². The van der Waals surface area contributed by atoms with Crippen LogP contribution in [0.4, 0.5) is 5.69 Å². The van der Waals surface area contributed by atoms with E-state index in [-0.39, 0.29) is 12.1 Å². The first kappa shape index (κ1) is 25.3. The van der Waals surface area contributed by atoms with Gasteiger partial charge in [-0.1, -0.05) is 41.9 Å². The summed E-state index contributed by atoms with van der Waals surface area (Å²) in [5, 5.41) is 8.61. The fourth-order valence-corrected chi connectivity index (χ4v) is 5.80. The molecular formula is C30H32ClN5S. The highest BCUT2D eigenvalue weighted by molar-refractivity contribution is 7.80. The summed E-state index contributed by atoms with van der Waals surface area (Å²) in [6.07, 6.45) is 2.80. The number of rotatable bonds is 8. The van der Waals surface area contributed by atoms with Crippen LogP contribution in [0.25, 0.3) is 5.69 Å². The number of aromatic nitrogens is 2. The number of halogens is 1. The Bertz CT molecular complexity index is 1390. The Hall–Kier alpha value is -3.35. The summed E-state index contributed by atoms with van der Waals surface area (Å²) >= 11 is 12.3. The van der Waals surface area contributed by atoms with Crippen LogP contribution in [0.5, 0.6) is 0 Å². The predicted molar refractivity (Wildman–Crippen MR) is 157 cm³/mol. The first-order valence-electron chi connectivity index (χ1n) is 12.7. The van der Waals surface area contributed by atoms with E-state index in [4.69, 9.17) is 28.8 Å². The molecule has 1 fully saturated rings. The lowest BCUT2D eigenvalue weighted by atomic mass is 9.96. The Kier molecular flexibility index (Phi) is 7.49. The highest BCUT2D eigenvalue weighted by Crippen LogP contribution is 2.41. The molecular weight excluding hydrogens is 498 g/mol. The van der Waals surface area contributed by atoms with E-state index in [2.05, 4.69) is 71.2 Å². The number of para-hydroxylation sites is 1. The Morgan fingerprint density at radius 2 is 1.78 bits per heavy atom. The molecule has 0 unspecified atom stereocenters. The first-order chi connectivity index (χ1) is 17.9. The number of hydrogen-bond donors (Lipinski definition) is 2. The zero-order chi connectivity index (χ0) is 25.9. The van der Waals surface area contributed by atoms with Crippen molar-refractivity contribution >= 4 is 34.6 Å². The van der Waals surface area contributed by atoms with E-state index in [1.807, 2.05) is 48.7 Å². The second-order valence-corrected chi connectivity index (χ2v) is 10.4. The molecule has 5 rings (SSSR count). The SMILES string of the molecule is Cc1ccc(Cl)cc1-n1c(C)cc([C@@H]2[C@@H](c3ccccn3)NC(=S)N2CCCNc2ccccc2)c1C. The van der Waals surface area contributed by atoms with E-state index in [0.717, 1.165) is 46.7 Å². The van der Waals surface area contributed by atoms with Crippen LogP contribution in [0.1, 0.15) is 46.7 Å². The highest BCUT2D eigenvalue weighted by Gasteiger charge is 2.41. The minimum atomic E-state index is -0.0369. The van der Waals surface area contributed by atoms with Gasteiger partial charge in [-0.3, -0.25) is 4.98 Å². The molecule has 2 aromatic heterocycles. The molecule has 0 amide bonds. The number of anilines is 1. The van der Waals surface area contributed by atoms with Gasteiger partial charge >= 0.3 is 0 Å². The Balaban J connectivity index is 1.48. The number of nitrogens with one attached hydrogen (secondary N) is 2. The second kappa shape index (κ2) is 11.0. The summed E-state index contributed by atoms with van der Waals surface area (Å²) in [5.41, 5.74) is 8.01. The summed E-state index contributed by atoms with van der Waals surface area (Å²) in [6, 6.07) is 24.7. The van der Waals surface area contributed by atoms with Crippen LogP contribution in [-0.2, 0) is 0 Å². The van der Waals surface area contributed by atoms with Crippen LogP contribution in [-0.4, -0.2) is 32.7 Å². The molecule has 0 saturated carbocycles. The molecule has 1 saturated heterocycles. The maximum atomic E-state index is 6.40. The fourth-order valence-electron chi connectivity index (χ4n) is 5.30. The molecule has 0 aliphatic carbocycles. The van der Waals surface area contributed by atoms with Crippen molar-refractivity contribution in [2.24, 2.45) is 0 Å². The van der Waals surface area contributed by atoms with Gasteiger partial charge in [0.25, 0.3) is 0 Å². The molecule has 4 aromatic rings. The van der Waals surface area contributed by atoms with E-state index in [1.165, 1.54) is 22.5 Å². The maximum absolute atomic E-state index is 6.40. The van der Waals surface area contributed by atoms with Crippen molar-refractivity contribution < 1.29 is 0 Å². The molecule has 190 valence electrons. The van der Waals surface area contributed by atoms with Gasteiger partial charge in [-0.25, -0.2) is 0 Å². The third-order valence-corrected chi connectivity index (χ3v) is 7.66. The van der Waals surface area contributed by atoms with Crippen molar-refractivity contribution in [3.63, 3.8) is 0 Å². The zero-order valence-corrected chi connectivity index (χ0v) is 23.0. The van der Waals surface area contributed by atoms with E-state index in [1.54, 1.807) is 0 Å². The molecule has 2 N–H and O–H groups in total. The molecule has 0 radical (unpaired) electrons. The van der Waals surface area contributed by atoms with Crippen LogP contribution in [0.15, 0.2) is 79.0 Å². The first-order valence-corrected chi connectivity index (χ1v) is 13.4. The number of pyridine rings is 1. The van der Waals surface area contributed by atoms with Crippen molar-refractivity contribution in [3.05, 3.63) is 112 Å². The average Bonchev–Trinajstić information content (AvgIpc) is 3.39. The molecule has 2 aromatic carbocycles. The van der Waals surface area contributed by atoms with Gasteiger partial charge in [0.1, 0.15) is 0 Å². The highest BCUT2D eigenvalue weighted by atomic mass is 35.5. The zero-order valence-electron chi connectivity index (χ0n) is 21.4. The quantitative estimate of drug-likeness (QED) is 0.191. The fraction of sp³-hybridized carbons (Fsp3) is 0.267. The topological polar surface area (TPSA) is 45.1 Å². The van der Waals surface area contributed by atoms with Crippen LogP contribution in [0, 0.1) is 20.8 Å². The van der Waals surface area contributed by atoms with Crippen molar-refractivity contribution in [2.75, 3.05) is 18.4 Å². The third kappa shape index (κ3) is 5.22. The number of nitrogens with zero attached hydrogens (tertiary/aromatic N) is 3. The van der Waals surface area contributed by atoms with E-state index >= 15 is 0 Å². The summed E-state index contributed by atoms with van der Waals surface area (Å²) in [4.78, 5) is 7.03. The Morgan fingerprint density at radius 3 is 2.54 bits per heavy atom. The molecule has 2 atom stereocenters. The Morgan fingerprint density at radius 1 is 1.00 bits per heavy atom.